The van der Waals surface area contributed by atoms with Crippen molar-refractivity contribution in [2.45, 2.75) is 0 Å². The van der Waals surface area contributed by atoms with E-state index in [-0.39, 0.29) is 49.6 Å². The molecule has 4 heavy (non-hydrogen) atoms. The maximum Gasteiger partial charge on any atom is 2.00 e. The summed E-state index contributed by atoms with van der Waals surface area (Å²) in [6.07, 6.45) is 0. The summed E-state index contributed by atoms with van der Waals surface area (Å²) in [7, 11) is 0. The Kier molecular flexibility index (Phi) is 877. The summed E-state index contributed by atoms with van der Waals surface area (Å²) in [5.41, 5.74) is 0. The SMILES string of the molecule is [CH3-].[CH3-].[CH3-].[Cd+2]. The molecule has 0 radical (unpaired) electrons. The van der Waals surface area contributed by atoms with Crippen molar-refractivity contribution >= 4 is 0 Å². The van der Waals surface area contributed by atoms with Crippen molar-refractivity contribution in [2.75, 3.05) is 0 Å². The average Bonchev–Trinajstić information content (AvgIpc) is 0. The molecule has 0 aromatic carbocycles. The molecular weight excluding hydrogens is 148 g/mol. The molecular formula is C3H9Cd-. The monoisotopic (exact) mass is 159 g/mol. The van der Waals surface area contributed by atoms with Crippen LogP contribution in [0.1, 0.15) is 0 Å². The quantitative estimate of drug-likeness (QED) is 0.368. The van der Waals surface area contributed by atoms with Gasteiger partial charge in [-0.25, -0.2) is 0 Å². The van der Waals surface area contributed by atoms with E-state index in [1.165, 1.54) is 0 Å². The fourth-order valence-corrected chi connectivity index (χ4v) is 0. The first-order chi connectivity index (χ1) is 0. The van der Waals surface area contributed by atoms with E-state index in [0.717, 1.165) is 0 Å². The van der Waals surface area contributed by atoms with Gasteiger partial charge in [0, 0.05) is 0 Å². The first-order valence-electron chi connectivity index (χ1n) is 0. The summed E-state index contributed by atoms with van der Waals surface area (Å²) in [5, 5.41) is 0. The maximum atomic E-state index is 0. The zero-order valence-electron chi connectivity index (χ0n) is 3.71. The van der Waals surface area contributed by atoms with Crippen LogP contribution in [0, 0.1) is 22.3 Å². The standard InChI is InChI=1S/3CH3.Cd/h3*1H3;/q3*-1;+2. The number of hydrogen-bond donors (Lipinski definition) is 0. The molecule has 0 saturated carbocycles. The van der Waals surface area contributed by atoms with Crippen LogP contribution in [0.25, 0.3) is 0 Å². The zero-order valence-corrected chi connectivity index (χ0v) is 7.74. The van der Waals surface area contributed by atoms with Gasteiger partial charge >= 0.3 is 27.3 Å². The van der Waals surface area contributed by atoms with E-state index in [1.54, 1.807) is 0 Å². The van der Waals surface area contributed by atoms with Crippen LogP contribution in [0.15, 0.2) is 0 Å². The van der Waals surface area contributed by atoms with Crippen LogP contribution < -0.4 is 0 Å². The topological polar surface area (TPSA) is 0 Å². The van der Waals surface area contributed by atoms with Gasteiger partial charge in [-0.2, -0.15) is 0 Å². The fraction of sp³-hybridized carbons (Fsp3) is 0. The van der Waals surface area contributed by atoms with E-state index in [1.807, 2.05) is 0 Å². The van der Waals surface area contributed by atoms with Crippen LogP contribution in [0.5, 0.6) is 0 Å². The molecule has 0 heterocycles. The molecule has 0 bridgehead atoms. The van der Waals surface area contributed by atoms with E-state index in [0.29, 0.717) is 0 Å². The molecule has 0 fully saturated rings. The first-order valence-corrected chi connectivity index (χ1v) is 0. The molecule has 1 heteroatoms. The van der Waals surface area contributed by atoms with Gasteiger partial charge in [-0.1, -0.05) is 0 Å². The number of hydrogen-bond acceptors (Lipinski definition) is 0. The second kappa shape index (κ2) is 39.4. The minimum Gasteiger partial charge on any atom is -0.358 e. The van der Waals surface area contributed by atoms with Crippen molar-refractivity contribution in [2.24, 2.45) is 0 Å². The van der Waals surface area contributed by atoms with Gasteiger partial charge in [0.1, 0.15) is 0 Å². The summed E-state index contributed by atoms with van der Waals surface area (Å²) < 4.78 is 0. The van der Waals surface area contributed by atoms with Crippen LogP contribution in [0.2, 0.25) is 0 Å². The van der Waals surface area contributed by atoms with Gasteiger partial charge in [0.25, 0.3) is 0 Å². The van der Waals surface area contributed by atoms with Gasteiger partial charge in [-0.05, 0) is 0 Å². The Morgan fingerprint density at radius 2 is 0.500 bits per heavy atom. The Bertz CT molecular complexity index is 3.25. The molecule has 0 N–H and O–H groups in total. The first kappa shape index (κ1) is 89.1. The van der Waals surface area contributed by atoms with E-state index in [2.05, 4.69) is 0 Å². The van der Waals surface area contributed by atoms with E-state index >= 15 is 0 Å². The maximum absolute atomic E-state index is 0. The predicted octanol–water partition coefficient (Wildman–Crippen LogP) is 1.35. The van der Waals surface area contributed by atoms with Crippen molar-refractivity contribution in [1.29, 1.82) is 0 Å². The summed E-state index contributed by atoms with van der Waals surface area (Å²) in [4.78, 5) is 0. The summed E-state index contributed by atoms with van der Waals surface area (Å²) in [6.45, 7) is 0. The molecule has 0 spiro atoms. The molecule has 0 aliphatic rings. The summed E-state index contributed by atoms with van der Waals surface area (Å²) in [6, 6.07) is 0. The van der Waals surface area contributed by atoms with Gasteiger partial charge < -0.3 is 22.3 Å². The normalized spacial score (nSPS) is 0. The average molecular weight is 158 g/mol. The second-order valence-corrected chi connectivity index (χ2v) is 0. The van der Waals surface area contributed by atoms with Crippen molar-refractivity contribution in [3.63, 3.8) is 0 Å². The summed E-state index contributed by atoms with van der Waals surface area (Å²) >= 11 is 0. The van der Waals surface area contributed by atoms with Crippen molar-refractivity contribution in [1.82, 2.24) is 0 Å². The minimum atomic E-state index is 0. The van der Waals surface area contributed by atoms with Crippen molar-refractivity contribution < 1.29 is 27.3 Å². The van der Waals surface area contributed by atoms with E-state index in [4.69, 9.17) is 0 Å². The van der Waals surface area contributed by atoms with Gasteiger partial charge in [-0.3, -0.25) is 0 Å². The molecule has 0 aliphatic heterocycles. The smallest absolute Gasteiger partial charge is 0.358 e. The molecule has 0 aromatic heterocycles. The van der Waals surface area contributed by atoms with Gasteiger partial charge in [0.05, 0.1) is 0 Å². The molecule has 0 rings (SSSR count). The Morgan fingerprint density at radius 3 is 0.500 bits per heavy atom. The Morgan fingerprint density at radius 1 is 0.500 bits per heavy atom. The van der Waals surface area contributed by atoms with E-state index in [9.17, 15) is 0 Å². The summed E-state index contributed by atoms with van der Waals surface area (Å²) in [5.74, 6) is 0. The molecule has 0 saturated heterocycles. The minimum absolute atomic E-state index is 0. The Labute approximate surface area is 49.8 Å². The third-order valence-corrected chi connectivity index (χ3v) is 0. The van der Waals surface area contributed by atoms with Gasteiger partial charge in [0.15, 0.2) is 0 Å². The second-order valence-electron chi connectivity index (χ2n) is 0. The van der Waals surface area contributed by atoms with Gasteiger partial charge in [-0.15, -0.1) is 0 Å². The third-order valence-electron chi connectivity index (χ3n) is 0. The molecule has 0 aromatic rings. The Balaban J connectivity index is 0. The number of rotatable bonds is 0. The van der Waals surface area contributed by atoms with Crippen molar-refractivity contribution in [3.8, 4) is 0 Å². The van der Waals surface area contributed by atoms with Crippen LogP contribution in [-0.4, -0.2) is 0 Å². The molecule has 0 unspecified atom stereocenters. The third kappa shape index (κ3) is 12.7. The fourth-order valence-electron chi connectivity index (χ4n) is 0. The Hall–Kier alpha value is 0.922. The molecule has 0 amide bonds. The van der Waals surface area contributed by atoms with Crippen LogP contribution in [0.3, 0.4) is 0 Å². The van der Waals surface area contributed by atoms with Crippen LogP contribution >= 0.6 is 0 Å². The van der Waals surface area contributed by atoms with E-state index < -0.39 is 0 Å². The molecule has 0 nitrogen and oxygen atoms in total. The van der Waals surface area contributed by atoms with Gasteiger partial charge in [0.2, 0.25) is 0 Å². The largest absolute Gasteiger partial charge is 2.00 e. The molecule has 24 valence electrons. The van der Waals surface area contributed by atoms with Crippen LogP contribution in [0.4, 0.5) is 0 Å². The van der Waals surface area contributed by atoms with Crippen LogP contribution in [-0.2, 0) is 27.3 Å². The van der Waals surface area contributed by atoms with Crippen molar-refractivity contribution in [3.05, 3.63) is 22.3 Å². The molecule has 0 atom stereocenters. The zero-order chi connectivity index (χ0) is 0. The molecule has 0 aliphatic carbocycles. The predicted molar refractivity (Wildman–Crippen MR) is 19.2 cm³/mol.